The summed E-state index contributed by atoms with van der Waals surface area (Å²) >= 11 is 0. The van der Waals surface area contributed by atoms with E-state index in [1.54, 1.807) is 10.8 Å². The molecule has 0 bridgehead atoms. The van der Waals surface area contributed by atoms with Gasteiger partial charge in [0.05, 0.1) is 24.6 Å². The first-order chi connectivity index (χ1) is 16.2. The summed E-state index contributed by atoms with van der Waals surface area (Å²) in [6.45, 7) is -0.693. The third-order valence-corrected chi connectivity index (χ3v) is 9.69. The highest BCUT2D eigenvalue weighted by atomic mass is 33.1. The number of nitrogens with one attached hydrogen (secondary N) is 1. The topological polar surface area (TPSA) is 255 Å². The number of rotatable bonds is 12. The van der Waals surface area contributed by atoms with E-state index in [1.807, 2.05) is 6.26 Å². The number of ether oxygens (including phenoxy) is 2. The first kappa shape index (κ1) is 28.8. The number of phosphoric acid groups is 3. The largest absolute Gasteiger partial charge is 0.490 e. The zero-order valence-corrected chi connectivity index (χ0v) is 21.9. The van der Waals surface area contributed by atoms with E-state index < -0.39 is 53.9 Å². The Morgan fingerprint density at radius 1 is 1.26 bits per heavy atom. The van der Waals surface area contributed by atoms with Crippen molar-refractivity contribution in [2.75, 3.05) is 31.1 Å². The average Bonchev–Trinajstić information content (AvgIpc) is 3.27. The molecule has 0 aromatic carbocycles. The fraction of sp³-hybridized carbons (Fsp3) is 0.538. The van der Waals surface area contributed by atoms with E-state index in [1.165, 1.54) is 27.7 Å². The first-order valence-electron chi connectivity index (χ1n) is 9.25. The number of nitrogens with zero attached hydrogens (tertiary/aromatic N) is 2. The highest BCUT2D eigenvalue weighted by molar-refractivity contribution is 8.76. The van der Waals surface area contributed by atoms with Crippen molar-refractivity contribution in [1.82, 2.24) is 14.5 Å². The molecule has 35 heavy (non-hydrogen) atoms. The van der Waals surface area contributed by atoms with Gasteiger partial charge in [-0.1, -0.05) is 21.6 Å². The highest BCUT2D eigenvalue weighted by Gasteiger charge is 2.44. The van der Waals surface area contributed by atoms with Crippen LogP contribution >= 0.6 is 45.1 Å². The van der Waals surface area contributed by atoms with E-state index >= 15 is 0 Å². The summed E-state index contributed by atoms with van der Waals surface area (Å²) in [4.78, 5) is 54.9. The van der Waals surface area contributed by atoms with Crippen LogP contribution in [-0.4, -0.2) is 71.7 Å². The molecule has 5 atom stereocenters. The summed E-state index contributed by atoms with van der Waals surface area (Å²) in [5.74, 6) is 0.0632. The molecule has 0 aliphatic carbocycles. The van der Waals surface area contributed by atoms with E-state index in [9.17, 15) is 28.3 Å². The fourth-order valence-corrected chi connectivity index (χ4v) is 7.01. The minimum absolute atomic E-state index is 0.00279. The second kappa shape index (κ2) is 11.3. The van der Waals surface area contributed by atoms with Gasteiger partial charge < -0.3 is 39.3 Å². The monoisotopic (exact) mass is 598 g/mol. The number of H-pyrrole nitrogens is 1. The van der Waals surface area contributed by atoms with Crippen molar-refractivity contribution in [2.24, 2.45) is 0 Å². The van der Waals surface area contributed by atoms with Crippen LogP contribution in [0.1, 0.15) is 6.04 Å². The maximum atomic E-state index is 12.1. The normalized spacial score (nSPS) is 24.4. The van der Waals surface area contributed by atoms with Crippen LogP contribution in [-0.2, 0) is 36.3 Å². The molecule has 2 aromatic rings. The van der Waals surface area contributed by atoms with Crippen LogP contribution in [0.2, 0.25) is 0 Å². The Balaban J connectivity index is 1.77. The van der Waals surface area contributed by atoms with E-state index in [0.717, 1.165) is 0 Å². The van der Waals surface area contributed by atoms with Gasteiger partial charge in [-0.05, 0) is 12.3 Å². The Bertz CT molecular complexity index is 1250. The molecule has 3 heterocycles. The highest BCUT2D eigenvalue weighted by Crippen LogP contribution is 2.66. The summed E-state index contributed by atoms with van der Waals surface area (Å²) < 4.78 is 59.5. The van der Waals surface area contributed by atoms with Crippen molar-refractivity contribution in [2.45, 2.75) is 18.2 Å². The quantitative estimate of drug-likeness (QED) is 0.0860. The molecule has 0 spiro atoms. The van der Waals surface area contributed by atoms with Crippen molar-refractivity contribution in [3.63, 3.8) is 0 Å². The lowest BCUT2D eigenvalue weighted by atomic mass is 10.1. The number of hydrogen-bond donors (Lipinski definition) is 6. The average molecular weight is 598 g/mol. The Kier molecular flexibility index (Phi) is 9.33. The van der Waals surface area contributed by atoms with Gasteiger partial charge in [0.25, 0.3) is 5.56 Å². The Morgan fingerprint density at radius 3 is 2.63 bits per heavy atom. The maximum Gasteiger partial charge on any atom is 0.490 e. The van der Waals surface area contributed by atoms with Gasteiger partial charge in [-0.2, -0.15) is 13.6 Å². The molecule has 1 aliphatic heterocycles. The summed E-state index contributed by atoms with van der Waals surface area (Å²) in [5, 5.41) is 0.258. The molecule has 1 fully saturated rings. The number of anilines is 1. The first-order valence-corrected chi connectivity index (χ1v) is 16.5. The molecule has 3 rings (SSSR count). The van der Waals surface area contributed by atoms with Crippen molar-refractivity contribution in [1.29, 1.82) is 0 Å². The van der Waals surface area contributed by atoms with Gasteiger partial charge in [-0.15, -0.1) is 0 Å². The molecule has 2 aromatic heterocycles. The summed E-state index contributed by atoms with van der Waals surface area (Å²) in [6.07, 6.45) is 1.56. The number of hydrogen-bond acceptors (Lipinski definition) is 13. The lowest BCUT2D eigenvalue weighted by Crippen LogP contribution is -2.34. The molecule has 22 heteroatoms. The molecule has 17 nitrogen and oxygen atoms in total. The number of nitrogen functional groups attached to an aromatic ring is 1. The number of nitrogens with two attached hydrogens (primary N) is 1. The van der Waals surface area contributed by atoms with Gasteiger partial charge in [0.2, 0.25) is 5.95 Å². The molecule has 0 radical (unpaired) electrons. The maximum absolute atomic E-state index is 12.1. The van der Waals surface area contributed by atoms with E-state index in [4.69, 9.17) is 29.5 Å². The standard InChI is InChI=1S/C13H21N4O13P3S2/c1-34-35-6-27-10-8(17-3-2-7-11(17)15-13(14)16-12(7)18)4-26-9(10)5-28-32(22,23)30-33(24,25)29-31(19,20)21/h2-3,8-10H,4-6H2,1H3,(H,22,23)(H,24,25)(H2,19,20,21)(H3,14,15,16,18)/t8?,9-,10+/m1/s1. The van der Waals surface area contributed by atoms with Crippen LogP contribution in [0.25, 0.3) is 11.0 Å². The summed E-state index contributed by atoms with van der Waals surface area (Å²) in [7, 11) is -13.8. The number of aromatic nitrogens is 3. The zero-order chi connectivity index (χ0) is 26.0. The molecule has 7 N–H and O–H groups in total. The summed E-state index contributed by atoms with van der Waals surface area (Å²) in [5.41, 5.74) is 5.45. The third kappa shape index (κ3) is 7.87. The third-order valence-electron chi connectivity index (χ3n) is 4.43. The lowest BCUT2D eigenvalue weighted by Gasteiger charge is -2.25. The molecule has 1 saturated heterocycles. The molecule has 1 aliphatic rings. The van der Waals surface area contributed by atoms with E-state index in [-0.39, 0.29) is 29.5 Å². The van der Waals surface area contributed by atoms with Crippen LogP contribution in [0.15, 0.2) is 17.1 Å². The van der Waals surface area contributed by atoms with Crippen molar-refractivity contribution in [3.05, 3.63) is 22.6 Å². The van der Waals surface area contributed by atoms with Gasteiger partial charge in [-0.25, -0.2) is 13.7 Å². The predicted molar refractivity (Wildman–Crippen MR) is 124 cm³/mol. The Hall–Kier alpha value is -0.750. The van der Waals surface area contributed by atoms with Crippen molar-refractivity contribution >= 4 is 62.0 Å². The van der Waals surface area contributed by atoms with Crippen molar-refractivity contribution in [3.8, 4) is 0 Å². The minimum atomic E-state index is -5.66. The zero-order valence-electron chi connectivity index (χ0n) is 17.6. The lowest BCUT2D eigenvalue weighted by molar-refractivity contribution is -0.0225. The van der Waals surface area contributed by atoms with E-state index in [0.29, 0.717) is 0 Å². The minimum Gasteiger partial charge on any atom is -0.371 e. The molecule has 0 amide bonds. The number of aromatic amines is 1. The number of fused-ring (bicyclic) bond motifs is 1. The Morgan fingerprint density at radius 2 is 1.97 bits per heavy atom. The SMILES string of the molecule is CSSCO[C@H]1C(n2ccc3c(=O)[nH]c(N)nc32)CO[C@@H]1COP(=O)(O)OP(=O)(O)OP(=O)(O)O. The van der Waals surface area contributed by atoms with Gasteiger partial charge in [0, 0.05) is 6.20 Å². The molecular weight excluding hydrogens is 577 g/mol. The molecule has 198 valence electrons. The van der Waals surface area contributed by atoms with Crippen LogP contribution in [0.4, 0.5) is 5.95 Å². The van der Waals surface area contributed by atoms with Crippen molar-refractivity contribution < 1.29 is 55.9 Å². The van der Waals surface area contributed by atoms with Crippen LogP contribution < -0.4 is 11.3 Å². The molecule has 3 unspecified atom stereocenters. The molecule has 0 saturated carbocycles. The number of phosphoric ester groups is 1. The Labute approximate surface area is 204 Å². The smallest absolute Gasteiger partial charge is 0.371 e. The van der Waals surface area contributed by atoms with Crippen LogP contribution in [0.5, 0.6) is 0 Å². The predicted octanol–water partition coefficient (Wildman–Crippen LogP) is 0.944. The van der Waals surface area contributed by atoms with Gasteiger partial charge in [-0.3, -0.25) is 14.3 Å². The van der Waals surface area contributed by atoms with Crippen LogP contribution in [0, 0.1) is 0 Å². The van der Waals surface area contributed by atoms with Gasteiger partial charge >= 0.3 is 23.5 Å². The second-order valence-corrected chi connectivity index (χ2v) is 13.7. The van der Waals surface area contributed by atoms with Gasteiger partial charge in [0.15, 0.2) is 0 Å². The molecular formula is C13H21N4O13P3S2. The van der Waals surface area contributed by atoms with Crippen LogP contribution in [0.3, 0.4) is 0 Å². The summed E-state index contributed by atoms with van der Waals surface area (Å²) in [6, 6.07) is 0.937. The van der Waals surface area contributed by atoms with Gasteiger partial charge in [0.1, 0.15) is 23.8 Å². The fourth-order valence-electron chi connectivity index (χ4n) is 3.21. The van der Waals surface area contributed by atoms with E-state index in [2.05, 4.69) is 18.6 Å². The second-order valence-electron chi connectivity index (χ2n) is 6.77.